The van der Waals surface area contributed by atoms with Crippen molar-refractivity contribution in [3.8, 4) is 0 Å². The zero-order valence-electron chi connectivity index (χ0n) is 21.4. The van der Waals surface area contributed by atoms with Gasteiger partial charge in [0, 0.05) is 23.3 Å². The second-order valence-corrected chi connectivity index (χ2v) is 11.4. The fraction of sp³-hybridized carbons (Fsp3) is 0.433. The van der Waals surface area contributed by atoms with Crippen molar-refractivity contribution in [3.63, 3.8) is 0 Å². The molecule has 4 aliphatic rings. The highest BCUT2D eigenvalue weighted by Crippen LogP contribution is 2.55. The molecule has 8 heteroatoms. The highest BCUT2D eigenvalue weighted by atomic mass is 35.5. The number of hydrogen-bond donors (Lipinski definition) is 2. The lowest BCUT2D eigenvalue weighted by Gasteiger charge is -2.34. The molecule has 2 bridgehead atoms. The fourth-order valence-corrected chi connectivity index (χ4v) is 6.74. The monoisotopic (exact) mass is 533 g/mol. The van der Waals surface area contributed by atoms with Crippen LogP contribution in [0.5, 0.6) is 0 Å². The van der Waals surface area contributed by atoms with Crippen LogP contribution in [0.25, 0.3) is 0 Å². The normalized spacial score (nSPS) is 29.9. The van der Waals surface area contributed by atoms with E-state index in [2.05, 4.69) is 10.6 Å². The number of benzene rings is 2. The summed E-state index contributed by atoms with van der Waals surface area (Å²) in [6.07, 6.45) is 8.33. The van der Waals surface area contributed by atoms with Crippen molar-refractivity contribution >= 4 is 35.0 Å². The first-order valence-electron chi connectivity index (χ1n) is 13.5. The first-order valence-corrected chi connectivity index (χ1v) is 13.8. The van der Waals surface area contributed by atoms with Crippen molar-refractivity contribution in [2.24, 2.45) is 11.8 Å². The first-order chi connectivity index (χ1) is 18.4. The average Bonchev–Trinajstić information content (AvgIpc) is 3.55. The topological polar surface area (TPSA) is 87.7 Å². The number of nitrogens with one attached hydrogen (secondary N) is 2. The van der Waals surface area contributed by atoms with E-state index < -0.39 is 29.6 Å². The van der Waals surface area contributed by atoms with Crippen molar-refractivity contribution in [3.05, 3.63) is 76.8 Å². The number of nitrogens with zero attached hydrogens (tertiary/aromatic N) is 1. The van der Waals surface area contributed by atoms with Gasteiger partial charge in [-0.05, 0) is 49.6 Å². The molecule has 38 heavy (non-hydrogen) atoms. The lowest BCUT2D eigenvalue weighted by Crippen LogP contribution is -2.56. The largest absolute Gasteiger partial charge is 0.359 e. The Kier molecular flexibility index (Phi) is 6.52. The number of amides is 3. The summed E-state index contributed by atoms with van der Waals surface area (Å²) in [4.78, 5) is 43.1. The summed E-state index contributed by atoms with van der Waals surface area (Å²) in [7, 11) is 0. The SMILES string of the molecule is Cc1ccc(NC(=O)[C@H]2[C@H]3C=C[C@]4(O3)[C@H](C(=O)NC3CCCCC3)N(Cc3ccc(Cl)cc3)C(=O)[C@@H]24)cc1. The molecule has 2 saturated heterocycles. The van der Waals surface area contributed by atoms with Crippen LogP contribution in [-0.2, 0) is 25.7 Å². The number of halogens is 1. The number of hydrogen-bond acceptors (Lipinski definition) is 4. The van der Waals surface area contributed by atoms with Crippen LogP contribution in [0.2, 0.25) is 5.02 Å². The minimum atomic E-state index is -1.18. The number of ether oxygens (including phenoxy) is 1. The molecule has 3 amide bonds. The van der Waals surface area contributed by atoms with Crippen LogP contribution in [0, 0.1) is 18.8 Å². The maximum absolute atomic E-state index is 14.1. The minimum Gasteiger partial charge on any atom is -0.359 e. The maximum atomic E-state index is 14.1. The molecule has 0 aromatic heterocycles. The number of rotatable bonds is 6. The zero-order valence-corrected chi connectivity index (χ0v) is 22.1. The smallest absolute Gasteiger partial charge is 0.246 e. The van der Waals surface area contributed by atoms with Gasteiger partial charge in [0.05, 0.1) is 17.9 Å². The molecule has 6 rings (SSSR count). The molecular formula is C30H32ClN3O4. The molecule has 3 fully saturated rings. The third-order valence-electron chi connectivity index (χ3n) is 8.46. The summed E-state index contributed by atoms with van der Waals surface area (Å²) in [5.41, 5.74) is 1.43. The molecule has 3 aliphatic heterocycles. The van der Waals surface area contributed by atoms with Crippen LogP contribution in [0.1, 0.15) is 43.2 Å². The zero-order chi connectivity index (χ0) is 26.4. The molecular weight excluding hydrogens is 502 g/mol. The predicted molar refractivity (Wildman–Crippen MR) is 144 cm³/mol. The standard InChI is InChI=1S/C30H32ClN3O4/c1-18-7-13-22(14-8-18)32-27(35)24-23-15-16-30(38-23)25(24)29(37)34(17-19-9-11-20(31)12-10-19)26(30)28(36)33-21-5-3-2-4-6-21/h7-16,21,23-26H,2-6,17H2,1H3,(H,32,35)(H,33,36)/t23-,24+,25-,26+,30-/m1/s1. The third kappa shape index (κ3) is 4.31. The van der Waals surface area contributed by atoms with E-state index in [9.17, 15) is 14.4 Å². The van der Waals surface area contributed by atoms with Gasteiger partial charge in [-0.3, -0.25) is 14.4 Å². The molecule has 0 unspecified atom stereocenters. The van der Waals surface area contributed by atoms with E-state index in [4.69, 9.17) is 16.3 Å². The second kappa shape index (κ2) is 9.86. The van der Waals surface area contributed by atoms with Gasteiger partial charge in [-0.25, -0.2) is 0 Å². The van der Waals surface area contributed by atoms with E-state index in [0.717, 1.165) is 36.8 Å². The van der Waals surface area contributed by atoms with Gasteiger partial charge in [0.1, 0.15) is 11.6 Å². The second-order valence-electron chi connectivity index (χ2n) is 11.0. The average molecular weight is 534 g/mol. The van der Waals surface area contributed by atoms with Gasteiger partial charge in [-0.15, -0.1) is 0 Å². The molecule has 198 valence electrons. The highest BCUT2D eigenvalue weighted by molar-refractivity contribution is 6.30. The summed E-state index contributed by atoms with van der Waals surface area (Å²) in [5.74, 6) is -2.24. The number of anilines is 1. The number of carbonyl (C=O) groups excluding carboxylic acids is 3. The van der Waals surface area contributed by atoms with Gasteiger partial charge in [0.2, 0.25) is 17.7 Å². The third-order valence-corrected chi connectivity index (χ3v) is 8.71. The Balaban J connectivity index is 1.32. The van der Waals surface area contributed by atoms with Gasteiger partial charge < -0.3 is 20.3 Å². The van der Waals surface area contributed by atoms with Crippen LogP contribution in [0.3, 0.4) is 0 Å². The van der Waals surface area contributed by atoms with Crippen LogP contribution in [0.4, 0.5) is 5.69 Å². The quantitative estimate of drug-likeness (QED) is 0.539. The molecule has 2 aromatic rings. The molecule has 2 aromatic carbocycles. The highest BCUT2D eigenvalue weighted by Gasteiger charge is 2.72. The van der Waals surface area contributed by atoms with Gasteiger partial charge in [-0.1, -0.05) is 72.8 Å². The van der Waals surface area contributed by atoms with Crippen LogP contribution < -0.4 is 10.6 Å². The van der Waals surface area contributed by atoms with E-state index in [0.29, 0.717) is 10.7 Å². The maximum Gasteiger partial charge on any atom is 0.246 e. The Morgan fingerprint density at radius 2 is 1.74 bits per heavy atom. The van der Waals surface area contributed by atoms with Crippen LogP contribution >= 0.6 is 11.6 Å². The van der Waals surface area contributed by atoms with Crippen molar-refractivity contribution in [1.29, 1.82) is 0 Å². The summed E-state index contributed by atoms with van der Waals surface area (Å²) in [6, 6.07) is 14.0. The van der Waals surface area contributed by atoms with Crippen molar-refractivity contribution < 1.29 is 19.1 Å². The lowest BCUT2D eigenvalue weighted by atomic mass is 9.74. The van der Waals surface area contributed by atoms with Crippen LogP contribution in [0.15, 0.2) is 60.7 Å². The molecule has 0 radical (unpaired) electrons. The molecule has 1 aliphatic carbocycles. The Bertz CT molecular complexity index is 1270. The fourth-order valence-electron chi connectivity index (χ4n) is 6.61. The van der Waals surface area contributed by atoms with Gasteiger partial charge >= 0.3 is 0 Å². The van der Waals surface area contributed by atoms with E-state index in [-0.39, 0.29) is 30.3 Å². The number of carbonyl (C=O) groups is 3. The summed E-state index contributed by atoms with van der Waals surface area (Å²) in [5, 5.41) is 6.78. The van der Waals surface area contributed by atoms with Gasteiger partial charge in [-0.2, -0.15) is 0 Å². The number of aryl methyl sites for hydroxylation is 1. The van der Waals surface area contributed by atoms with E-state index in [1.54, 1.807) is 17.0 Å². The Morgan fingerprint density at radius 3 is 2.45 bits per heavy atom. The first kappa shape index (κ1) is 25.1. The van der Waals surface area contributed by atoms with Crippen LogP contribution in [-0.4, -0.2) is 46.4 Å². The predicted octanol–water partition coefficient (Wildman–Crippen LogP) is 4.39. The van der Waals surface area contributed by atoms with E-state index in [1.807, 2.05) is 55.5 Å². The summed E-state index contributed by atoms with van der Waals surface area (Å²) in [6.45, 7) is 2.21. The molecule has 5 atom stereocenters. The Labute approximate surface area is 227 Å². The minimum absolute atomic E-state index is 0.0856. The Morgan fingerprint density at radius 1 is 1.03 bits per heavy atom. The van der Waals surface area contributed by atoms with E-state index in [1.165, 1.54) is 6.42 Å². The molecule has 1 saturated carbocycles. The lowest BCUT2D eigenvalue weighted by molar-refractivity contribution is -0.142. The molecule has 1 spiro atoms. The Hall–Kier alpha value is -3.16. The van der Waals surface area contributed by atoms with Crippen molar-refractivity contribution in [1.82, 2.24) is 10.2 Å². The van der Waals surface area contributed by atoms with Crippen molar-refractivity contribution in [2.75, 3.05) is 5.32 Å². The molecule has 2 N–H and O–H groups in total. The summed E-state index contributed by atoms with van der Waals surface area (Å²) < 4.78 is 6.44. The molecule has 3 heterocycles. The molecule has 7 nitrogen and oxygen atoms in total. The summed E-state index contributed by atoms with van der Waals surface area (Å²) >= 11 is 6.08. The van der Waals surface area contributed by atoms with Gasteiger partial charge in [0.25, 0.3) is 0 Å². The number of likely N-dealkylation sites (tertiary alicyclic amines) is 1. The van der Waals surface area contributed by atoms with Gasteiger partial charge in [0.15, 0.2) is 0 Å². The van der Waals surface area contributed by atoms with Crippen molar-refractivity contribution in [2.45, 2.75) is 69.4 Å². The number of fused-ring (bicyclic) bond motifs is 1. The van der Waals surface area contributed by atoms with E-state index >= 15 is 0 Å².